The lowest BCUT2D eigenvalue weighted by atomic mass is 10.2. The molecule has 0 radical (unpaired) electrons. The summed E-state index contributed by atoms with van der Waals surface area (Å²) in [5.41, 5.74) is 0.00311. The number of rotatable bonds is 37. The number of para-hydroxylation sites is 2. The van der Waals surface area contributed by atoms with Gasteiger partial charge >= 0.3 is 59.7 Å². The Hall–Kier alpha value is -8.38. The van der Waals surface area contributed by atoms with Gasteiger partial charge < -0.3 is 89.6 Å². The first-order valence-electron chi connectivity index (χ1n) is 29.1. The maximum absolute atomic E-state index is 12.1. The molecule has 0 aromatic heterocycles. The summed E-state index contributed by atoms with van der Waals surface area (Å²) in [5.74, 6) is -12.1. The molecular formula is C56H84N10O24. The second-order valence-electron chi connectivity index (χ2n) is 21.3. The van der Waals surface area contributed by atoms with Gasteiger partial charge in [0.05, 0.1) is 63.9 Å². The number of benzene rings is 2. The first kappa shape index (κ1) is 74.1. The van der Waals surface area contributed by atoms with Gasteiger partial charge in [-0.1, -0.05) is 12.1 Å². The van der Waals surface area contributed by atoms with Crippen LogP contribution in [0.3, 0.4) is 0 Å². The van der Waals surface area contributed by atoms with Gasteiger partial charge in [0.2, 0.25) is 0 Å². The monoisotopic (exact) mass is 1280 g/mol. The zero-order valence-corrected chi connectivity index (χ0v) is 50.2. The third-order valence-electron chi connectivity index (χ3n) is 14.2. The fraction of sp³-hybridized carbons (Fsp3) is 0.607. The maximum Gasteiger partial charge on any atom is 0.323 e. The van der Waals surface area contributed by atoms with E-state index in [2.05, 4.69) is 0 Å². The second-order valence-corrected chi connectivity index (χ2v) is 21.3. The summed E-state index contributed by atoms with van der Waals surface area (Å²) >= 11 is 0. The van der Waals surface area contributed by atoms with E-state index in [4.69, 9.17) is 18.9 Å². The molecule has 2 aromatic rings. The van der Waals surface area contributed by atoms with Gasteiger partial charge in [0.1, 0.15) is 39.4 Å². The molecule has 2 aromatic carbocycles. The van der Waals surface area contributed by atoms with Gasteiger partial charge in [-0.05, 0) is 37.1 Å². The molecule has 2 saturated heterocycles. The second kappa shape index (κ2) is 39.6. The van der Waals surface area contributed by atoms with E-state index in [0.29, 0.717) is 52.1 Å². The van der Waals surface area contributed by atoms with Crippen LogP contribution in [0.2, 0.25) is 0 Å². The topological polar surface area (TPSA) is 442 Å². The van der Waals surface area contributed by atoms with Crippen LogP contribution in [0.4, 0.5) is 11.4 Å². The van der Waals surface area contributed by atoms with Crippen molar-refractivity contribution >= 4 is 71.1 Å². The molecule has 0 unspecified atom stereocenters. The van der Waals surface area contributed by atoms with E-state index in [1.807, 2.05) is 9.80 Å². The maximum atomic E-state index is 12.1. The van der Waals surface area contributed by atoms with Crippen LogP contribution in [0.5, 0.6) is 23.0 Å². The van der Waals surface area contributed by atoms with Crippen molar-refractivity contribution in [3.63, 3.8) is 0 Å². The Bertz CT molecular complexity index is 2420. The van der Waals surface area contributed by atoms with E-state index in [9.17, 15) is 99.0 Å². The molecule has 34 heteroatoms. The van der Waals surface area contributed by atoms with Gasteiger partial charge in [-0.3, -0.25) is 77.3 Å². The predicted octanol–water partition coefficient (Wildman–Crippen LogP) is -2.42. The molecule has 34 nitrogen and oxygen atoms in total. The standard InChI is InChI=1S/C56H84N10O24/c67-45(68)31-59-15-11-57(12-16-60(32-46(69)70)20-24-63(23-19-59)35-49(75)76)9-3-27-87-43-7-1-5-41(65(37-51(79)80)38-52(81)82)55(43)89-29-30-90-56-42(66(39-53(83)84)40-54(85)86)6-2-8-44(56)88-28-4-10-58-13-17-61(33-47(71)72)21-25-64(36-50(77)78)26-22-62(18-14-58)34-48(73)74/h1-2,5-8H,3-4,9-40H2,(H,67,68)(H,69,70)(H,71,72)(H,73,74)(H,75,76)(H,77,78)(H,79,80)(H,81,82)(H,83,84)(H,85,86). The molecule has 2 aliphatic rings. The Balaban J connectivity index is 1.58. The average Bonchev–Trinajstić information content (AvgIpc) is 0.901. The first-order valence-corrected chi connectivity index (χ1v) is 29.1. The highest BCUT2D eigenvalue weighted by Gasteiger charge is 2.27. The number of nitrogens with zero attached hydrogens (tertiary/aromatic N) is 10. The predicted molar refractivity (Wildman–Crippen MR) is 316 cm³/mol. The zero-order valence-electron chi connectivity index (χ0n) is 50.2. The zero-order chi connectivity index (χ0) is 66.1. The van der Waals surface area contributed by atoms with Crippen molar-refractivity contribution in [2.24, 2.45) is 0 Å². The SMILES string of the molecule is O=C(O)CN1CCN(CCCOc2cccc(N(CC(=O)O)CC(=O)O)c2OCCOc2c(OCCCN3CCN(CC(=O)O)CCN(CC(=O)O)CCN(CC(=O)O)CC3)cccc2N(CC(=O)O)CC(=O)O)CCN(CC(=O)O)CCN(CC(=O)O)CC1. The summed E-state index contributed by atoms with van der Waals surface area (Å²) in [6.45, 7) is -0.982. The first-order chi connectivity index (χ1) is 42.8. The molecule has 0 amide bonds. The normalized spacial score (nSPS) is 16.4. The molecular weight excluding hydrogens is 1200 g/mol. The molecule has 0 saturated carbocycles. The van der Waals surface area contributed by atoms with Crippen molar-refractivity contribution in [3.8, 4) is 23.0 Å². The van der Waals surface area contributed by atoms with Crippen LogP contribution in [0.1, 0.15) is 12.8 Å². The quantitative estimate of drug-likeness (QED) is 0.0315. The van der Waals surface area contributed by atoms with E-state index < -0.39 is 85.9 Å². The lowest BCUT2D eigenvalue weighted by Gasteiger charge is -2.33. The largest absolute Gasteiger partial charge is 0.490 e. The van der Waals surface area contributed by atoms with Gasteiger partial charge in [-0.15, -0.1) is 0 Å². The van der Waals surface area contributed by atoms with Crippen LogP contribution < -0.4 is 28.7 Å². The molecule has 2 fully saturated rings. The number of aliphatic carboxylic acids is 10. The van der Waals surface area contributed by atoms with E-state index in [1.54, 1.807) is 29.4 Å². The number of hydrogen-bond acceptors (Lipinski definition) is 24. The van der Waals surface area contributed by atoms with Crippen molar-refractivity contribution < 1.29 is 118 Å². The lowest BCUT2D eigenvalue weighted by Crippen LogP contribution is -2.48. The van der Waals surface area contributed by atoms with Gasteiger partial charge in [0.25, 0.3) is 0 Å². The highest BCUT2D eigenvalue weighted by molar-refractivity contribution is 5.83. The van der Waals surface area contributed by atoms with E-state index >= 15 is 0 Å². The summed E-state index contributed by atoms with van der Waals surface area (Å²) in [6.07, 6.45) is 0.637. The van der Waals surface area contributed by atoms with Gasteiger partial charge in [0.15, 0.2) is 23.0 Å². The van der Waals surface area contributed by atoms with Crippen molar-refractivity contribution in [2.45, 2.75) is 12.8 Å². The van der Waals surface area contributed by atoms with Crippen LogP contribution in [-0.4, -0.2) is 360 Å². The summed E-state index contributed by atoms with van der Waals surface area (Å²) in [4.78, 5) is 135. The molecule has 0 aliphatic carbocycles. The smallest absolute Gasteiger partial charge is 0.323 e. The molecule has 2 aliphatic heterocycles. The molecule has 0 spiro atoms. The Labute approximate surface area is 518 Å². The fourth-order valence-corrected chi connectivity index (χ4v) is 10.1. The van der Waals surface area contributed by atoms with Crippen LogP contribution in [0.15, 0.2) is 36.4 Å². The highest BCUT2D eigenvalue weighted by atomic mass is 16.6. The van der Waals surface area contributed by atoms with Gasteiger partial charge in [-0.2, -0.15) is 0 Å². The molecule has 4 rings (SSSR count). The van der Waals surface area contributed by atoms with Crippen LogP contribution >= 0.6 is 0 Å². The molecule has 0 bridgehead atoms. The van der Waals surface area contributed by atoms with E-state index in [1.165, 1.54) is 36.4 Å². The Morgan fingerprint density at radius 1 is 0.300 bits per heavy atom. The highest BCUT2D eigenvalue weighted by Crippen LogP contribution is 2.40. The number of anilines is 2. The Morgan fingerprint density at radius 3 is 0.733 bits per heavy atom. The number of carbonyl (C=O) groups is 10. The minimum atomic E-state index is -1.38. The van der Waals surface area contributed by atoms with Crippen LogP contribution in [-0.2, 0) is 47.9 Å². The summed E-state index contributed by atoms with van der Waals surface area (Å²) in [7, 11) is 0. The van der Waals surface area contributed by atoms with Crippen molar-refractivity contribution in [1.29, 1.82) is 0 Å². The number of carboxylic acids is 10. The van der Waals surface area contributed by atoms with Crippen LogP contribution in [0.25, 0.3) is 0 Å². The van der Waals surface area contributed by atoms with Gasteiger partial charge in [-0.25, -0.2) is 0 Å². The van der Waals surface area contributed by atoms with Crippen LogP contribution in [0, 0.1) is 0 Å². The summed E-state index contributed by atoms with van der Waals surface area (Å²) < 4.78 is 25.0. The minimum Gasteiger partial charge on any atom is -0.490 e. The Kier molecular flexibility index (Phi) is 32.6. The van der Waals surface area contributed by atoms with Crippen molar-refractivity contribution in [2.75, 3.05) is 219 Å². The van der Waals surface area contributed by atoms with Gasteiger partial charge in [0, 0.05) is 118 Å². The van der Waals surface area contributed by atoms with E-state index in [0.717, 1.165) is 9.80 Å². The molecule has 90 heavy (non-hydrogen) atoms. The van der Waals surface area contributed by atoms with Crippen molar-refractivity contribution in [1.82, 2.24) is 39.2 Å². The molecule has 0 atom stereocenters. The lowest BCUT2D eigenvalue weighted by molar-refractivity contribution is -0.140. The third kappa shape index (κ3) is 29.7. The summed E-state index contributed by atoms with van der Waals surface area (Å²) in [6, 6.07) is 8.83. The van der Waals surface area contributed by atoms with E-state index in [-0.39, 0.29) is 179 Å². The van der Waals surface area contributed by atoms with Crippen molar-refractivity contribution in [3.05, 3.63) is 36.4 Å². The average molecular weight is 1280 g/mol. The molecule has 2 heterocycles. The number of carboxylic acid groups (broad SMARTS) is 10. The summed E-state index contributed by atoms with van der Waals surface area (Å²) in [5, 5.41) is 97.1. The minimum absolute atomic E-state index is 0.00156. The molecule has 10 N–H and O–H groups in total. The fourth-order valence-electron chi connectivity index (χ4n) is 10.1. The number of ether oxygens (including phenoxy) is 4. The number of hydrogen-bond donors (Lipinski definition) is 10. The molecule has 502 valence electrons. The Morgan fingerprint density at radius 2 is 0.522 bits per heavy atom. The third-order valence-corrected chi connectivity index (χ3v) is 14.2.